The number of thiophene rings is 1. The standard InChI is InChI=1S/C15H16F3N3O5S2/c1-25-14(22)12-11(3-7-27-12)28(23,24)19-4-5-21-10-2-6-26-8-9(10)13(20-21)15(16,17)18/h3,7,19H,2,4-6,8H2,1H3. The van der Waals surface area contributed by atoms with Gasteiger partial charge in [0.15, 0.2) is 5.69 Å². The molecule has 0 saturated carbocycles. The van der Waals surface area contributed by atoms with Crippen molar-refractivity contribution in [1.82, 2.24) is 14.5 Å². The van der Waals surface area contributed by atoms with Crippen LogP contribution in [0.5, 0.6) is 0 Å². The van der Waals surface area contributed by atoms with Gasteiger partial charge >= 0.3 is 12.1 Å². The molecule has 0 unspecified atom stereocenters. The van der Waals surface area contributed by atoms with Crippen molar-refractivity contribution < 1.29 is 35.9 Å². The first-order valence-electron chi connectivity index (χ1n) is 8.04. The molecule has 13 heteroatoms. The highest BCUT2D eigenvalue weighted by Gasteiger charge is 2.39. The Balaban J connectivity index is 1.76. The van der Waals surface area contributed by atoms with E-state index in [9.17, 15) is 26.4 Å². The van der Waals surface area contributed by atoms with Crippen LogP contribution in [-0.2, 0) is 45.2 Å². The zero-order valence-electron chi connectivity index (χ0n) is 14.6. The molecule has 0 spiro atoms. The van der Waals surface area contributed by atoms with E-state index in [0.29, 0.717) is 5.69 Å². The van der Waals surface area contributed by atoms with Crippen molar-refractivity contribution in [3.63, 3.8) is 0 Å². The molecular formula is C15H16F3N3O5S2. The van der Waals surface area contributed by atoms with Gasteiger partial charge in [-0.05, 0) is 11.4 Å². The van der Waals surface area contributed by atoms with Gasteiger partial charge in [0.1, 0.15) is 9.77 Å². The van der Waals surface area contributed by atoms with Crippen molar-refractivity contribution in [2.75, 3.05) is 20.3 Å². The van der Waals surface area contributed by atoms with Crippen LogP contribution in [0.4, 0.5) is 13.2 Å². The maximum absolute atomic E-state index is 13.2. The molecule has 0 bridgehead atoms. The number of hydrogen-bond donors (Lipinski definition) is 1. The van der Waals surface area contributed by atoms with Gasteiger partial charge in [0, 0.05) is 24.2 Å². The van der Waals surface area contributed by atoms with Crippen LogP contribution < -0.4 is 4.72 Å². The molecule has 0 radical (unpaired) electrons. The lowest BCUT2D eigenvalue weighted by atomic mass is 10.1. The van der Waals surface area contributed by atoms with Crippen molar-refractivity contribution in [1.29, 1.82) is 0 Å². The molecule has 3 heterocycles. The summed E-state index contributed by atoms with van der Waals surface area (Å²) in [5.74, 6) is -0.786. The molecule has 0 aromatic carbocycles. The van der Waals surface area contributed by atoms with Crippen molar-refractivity contribution in [3.05, 3.63) is 33.3 Å². The van der Waals surface area contributed by atoms with E-state index in [2.05, 4.69) is 14.6 Å². The zero-order valence-corrected chi connectivity index (χ0v) is 16.2. The molecule has 0 saturated heterocycles. The molecule has 8 nitrogen and oxygen atoms in total. The highest BCUT2D eigenvalue weighted by atomic mass is 32.2. The predicted octanol–water partition coefficient (Wildman–Crippen LogP) is 1.80. The minimum absolute atomic E-state index is 0.0209. The lowest BCUT2D eigenvalue weighted by Gasteiger charge is -2.15. The summed E-state index contributed by atoms with van der Waals surface area (Å²) in [7, 11) is -2.91. The van der Waals surface area contributed by atoms with E-state index >= 15 is 0 Å². The fourth-order valence-corrected chi connectivity index (χ4v) is 5.19. The molecule has 2 aromatic rings. The Bertz CT molecular complexity index is 982. The Labute approximate surface area is 162 Å². The van der Waals surface area contributed by atoms with Crippen LogP contribution in [0.25, 0.3) is 0 Å². The fourth-order valence-electron chi connectivity index (χ4n) is 2.84. The van der Waals surface area contributed by atoms with Crippen molar-refractivity contribution in [2.45, 2.75) is 30.6 Å². The summed E-state index contributed by atoms with van der Waals surface area (Å²) in [6, 6.07) is 1.26. The summed E-state index contributed by atoms with van der Waals surface area (Å²) in [5.41, 5.74) is -0.660. The van der Waals surface area contributed by atoms with Crippen LogP contribution in [-0.4, -0.2) is 44.4 Å². The Morgan fingerprint density at radius 1 is 1.46 bits per heavy atom. The number of aromatic nitrogens is 2. The van der Waals surface area contributed by atoms with Crippen LogP contribution in [0, 0.1) is 0 Å². The first-order chi connectivity index (χ1) is 13.1. The van der Waals surface area contributed by atoms with Crippen molar-refractivity contribution >= 4 is 27.3 Å². The van der Waals surface area contributed by atoms with Crippen LogP contribution in [0.3, 0.4) is 0 Å². The van der Waals surface area contributed by atoms with E-state index < -0.39 is 27.9 Å². The Kier molecular flexibility index (Phi) is 5.79. The summed E-state index contributed by atoms with van der Waals surface area (Å²) < 4.78 is 77.4. The quantitative estimate of drug-likeness (QED) is 0.689. The van der Waals surface area contributed by atoms with E-state index in [1.807, 2.05) is 0 Å². The third kappa shape index (κ3) is 4.06. The average molecular weight is 439 g/mol. The molecule has 3 rings (SSSR count). The third-order valence-electron chi connectivity index (χ3n) is 4.07. The maximum Gasteiger partial charge on any atom is 0.435 e. The summed E-state index contributed by atoms with van der Waals surface area (Å²) in [4.78, 5) is 11.3. The number of alkyl halides is 3. The molecule has 1 N–H and O–H groups in total. The number of methoxy groups -OCH3 is 1. The van der Waals surface area contributed by atoms with Gasteiger partial charge < -0.3 is 9.47 Å². The Morgan fingerprint density at radius 2 is 2.21 bits per heavy atom. The van der Waals surface area contributed by atoms with Crippen LogP contribution >= 0.6 is 11.3 Å². The first kappa shape index (κ1) is 20.8. The second-order valence-electron chi connectivity index (χ2n) is 5.80. The number of sulfonamides is 1. The van der Waals surface area contributed by atoms with Gasteiger partial charge in [-0.1, -0.05) is 0 Å². The van der Waals surface area contributed by atoms with E-state index in [4.69, 9.17) is 4.74 Å². The molecule has 28 heavy (non-hydrogen) atoms. The number of halogens is 3. The SMILES string of the molecule is COC(=O)c1sccc1S(=O)(=O)NCCn1nc(C(F)(F)F)c2c1CCOC2. The smallest absolute Gasteiger partial charge is 0.435 e. The molecule has 154 valence electrons. The second-order valence-corrected chi connectivity index (χ2v) is 8.45. The lowest BCUT2D eigenvalue weighted by molar-refractivity contribution is -0.142. The summed E-state index contributed by atoms with van der Waals surface area (Å²) in [6.07, 6.45) is -4.37. The minimum Gasteiger partial charge on any atom is -0.465 e. The monoisotopic (exact) mass is 439 g/mol. The number of carbonyl (C=O) groups is 1. The molecule has 0 fully saturated rings. The molecular weight excluding hydrogens is 423 g/mol. The number of nitrogens with one attached hydrogen (secondary N) is 1. The molecule has 2 aromatic heterocycles. The topological polar surface area (TPSA) is 99.5 Å². The van der Waals surface area contributed by atoms with Crippen LogP contribution in [0.15, 0.2) is 16.3 Å². The van der Waals surface area contributed by atoms with Gasteiger partial charge in [-0.3, -0.25) is 4.68 Å². The number of rotatable bonds is 6. The van der Waals surface area contributed by atoms with Crippen LogP contribution in [0.1, 0.15) is 26.6 Å². The second kappa shape index (κ2) is 7.81. The highest BCUT2D eigenvalue weighted by Crippen LogP contribution is 2.34. The Morgan fingerprint density at radius 3 is 2.89 bits per heavy atom. The third-order valence-corrected chi connectivity index (χ3v) is 6.60. The largest absolute Gasteiger partial charge is 0.465 e. The molecule has 1 aliphatic rings. The highest BCUT2D eigenvalue weighted by molar-refractivity contribution is 7.89. The molecule has 1 aliphatic heterocycles. The molecule has 0 aliphatic carbocycles. The lowest BCUT2D eigenvalue weighted by Crippen LogP contribution is -2.29. The average Bonchev–Trinajstić information content (AvgIpc) is 3.26. The number of esters is 1. The van der Waals surface area contributed by atoms with Crippen molar-refractivity contribution in [3.8, 4) is 0 Å². The van der Waals surface area contributed by atoms with Gasteiger partial charge in [-0.2, -0.15) is 18.3 Å². The van der Waals surface area contributed by atoms with Gasteiger partial charge in [0.25, 0.3) is 0 Å². The van der Waals surface area contributed by atoms with Gasteiger partial charge in [0.2, 0.25) is 10.0 Å². The minimum atomic E-state index is -4.62. The van der Waals surface area contributed by atoms with Crippen LogP contribution in [0.2, 0.25) is 0 Å². The normalized spacial score (nSPS) is 14.7. The van der Waals surface area contributed by atoms with E-state index in [1.54, 1.807) is 0 Å². The van der Waals surface area contributed by atoms with E-state index in [0.717, 1.165) is 23.1 Å². The van der Waals surface area contributed by atoms with Gasteiger partial charge in [-0.25, -0.2) is 17.9 Å². The first-order valence-corrected chi connectivity index (χ1v) is 10.4. The van der Waals surface area contributed by atoms with Gasteiger partial charge in [-0.15, -0.1) is 11.3 Å². The fraction of sp³-hybridized carbons (Fsp3) is 0.467. The number of hydrogen-bond acceptors (Lipinski definition) is 7. The predicted molar refractivity (Wildman–Crippen MR) is 91.4 cm³/mol. The van der Waals surface area contributed by atoms with Gasteiger partial charge in [0.05, 0.1) is 26.9 Å². The molecule has 0 atom stereocenters. The maximum atomic E-state index is 13.2. The Hall–Kier alpha value is -1.96. The zero-order chi connectivity index (χ0) is 20.5. The number of ether oxygens (including phenoxy) is 2. The summed E-state index contributed by atoms with van der Waals surface area (Å²) in [6.45, 7) is -0.229. The number of nitrogens with zero attached hydrogens (tertiary/aromatic N) is 2. The number of carbonyl (C=O) groups excluding carboxylic acids is 1. The summed E-state index contributed by atoms with van der Waals surface area (Å²) >= 11 is 0.913. The molecule has 0 amide bonds. The van der Waals surface area contributed by atoms with E-state index in [1.165, 1.54) is 11.4 Å². The number of fused-ring (bicyclic) bond motifs is 1. The summed E-state index contributed by atoms with van der Waals surface area (Å²) in [5, 5.41) is 5.04. The van der Waals surface area contributed by atoms with E-state index in [-0.39, 0.29) is 48.1 Å². The van der Waals surface area contributed by atoms with Crippen molar-refractivity contribution in [2.24, 2.45) is 0 Å².